The van der Waals surface area contributed by atoms with Crippen LogP contribution in [0.25, 0.3) is 12.2 Å². The molecule has 2 N–H and O–H groups in total. The molecule has 1 aromatic carbocycles. The van der Waals surface area contributed by atoms with Crippen molar-refractivity contribution in [1.29, 1.82) is 0 Å². The van der Waals surface area contributed by atoms with E-state index in [2.05, 4.69) is 10.6 Å². The lowest BCUT2D eigenvalue weighted by Gasteiger charge is -2.07. The standard InChI is InChI=1S/C22H21N3O5S2/c1-3-30-21(28)12-20-25(22(29)18(32-20)11-17-5-4-10-31-17)13-19(27)24-16-8-6-15(7-9-16)23-14(2)26/h4-12H,3,13H2,1-2H3,(H,23,26)(H,24,27)/b18-11+,20-12+. The summed E-state index contributed by atoms with van der Waals surface area (Å²) in [6.45, 7) is 3.03. The zero-order valence-electron chi connectivity index (χ0n) is 17.4. The summed E-state index contributed by atoms with van der Waals surface area (Å²) in [4.78, 5) is 49.5. The van der Waals surface area contributed by atoms with Crippen molar-refractivity contribution in [3.05, 3.63) is 66.2 Å². The Bertz CT molecular complexity index is 1290. The summed E-state index contributed by atoms with van der Waals surface area (Å²) in [5, 5.41) is 7.25. The SMILES string of the molecule is CCOC(=O)/C=c1/s/c(=C/c2cccs2)c(=O)n1CC(=O)Nc1ccc(NC(C)=O)cc1. The smallest absolute Gasteiger partial charge is 0.333 e. The molecule has 0 radical (unpaired) electrons. The molecule has 10 heteroatoms. The van der Waals surface area contributed by atoms with Gasteiger partial charge in [0.15, 0.2) is 0 Å². The van der Waals surface area contributed by atoms with Gasteiger partial charge in [-0.05, 0) is 48.7 Å². The maximum atomic E-state index is 12.9. The first kappa shape index (κ1) is 23.2. The van der Waals surface area contributed by atoms with E-state index in [1.807, 2.05) is 17.5 Å². The molecule has 2 heterocycles. The van der Waals surface area contributed by atoms with Crippen LogP contribution in [0.4, 0.5) is 11.4 Å². The predicted molar refractivity (Wildman–Crippen MR) is 126 cm³/mol. The molecule has 0 atom stereocenters. The van der Waals surface area contributed by atoms with E-state index in [4.69, 9.17) is 4.74 Å². The number of benzene rings is 1. The Labute approximate surface area is 191 Å². The molecule has 166 valence electrons. The third kappa shape index (κ3) is 6.25. The molecule has 3 rings (SSSR count). The number of amides is 2. The molecule has 0 saturated carbocycles. The minimum absolute atomic E-state index is 0.195. The molecule has 2 aromatic heterocycles. The van der Waals surface area contributed by atoms with Crippen LogP contribution in [0, 0.1) is 0 Å². The summed E-state index contributed by atoms with van der Waals surface area (Å²) in [7, 11) is 0. The number of rotatable bonds is 7. The van der Waals surface area contributed by atoms with Gasteiger partial charge in [0, 0.05) is 23.2 Å². The fourth-order valence-corrected chi connectivity index (χ4v) is 4.52. The Balaban J connectivity index is 1.87. The summed E-state index contributed by atoms with van der Waals surface area (Å²) in [6.07, 6.45) is 2.95. The summed E-state index contributed by atoms with van der Waals surface area (Å²) < 4.78 is 6.94. The highest BCUT2D eigenvalue weighted by atomic mass is 32.1. The van der Waals surface area contributed by atoms with Crippen molar-refractivity contribution in [2.75, 3.05) is 17.2 Å². The van der Waals surface area contributed by atoms with Gasteiger partial charge in [-0.2, -0.15) is 0 Å². The van der Waals surface area contributed by atoms with Crippen LogP contribution in [-0.4, -0.2) is 29.0 Å². The maximum absolute atomic E-state index is 12.9. The number of nitrogens with zero attached hydrogens (tertiary/aromatic N) is 1. The number of aromatic nitrogens is 1. The van der Waals surface area contributed by atoms with E-state index in [0.717, 1.165) is 16.2 Å². The summed E-state index contributed by atoms with van der Waals surface area (Å²) in [6, 6.07) is 10.3. The maximum Gasteiger partial charge on any atom is 0.333 e. The molecule has 8 nitrogen and oxygen atoms in total. The lowest BCUT2D eigenvalue weighted by Crippen LogP contribution is -2.36. The van der Waals surface area contributed by atoms with Gasteiger partial charge in [-0.1, -0.05) is 6.07 Å². The third-order valence-corrected chi connectivity index (χ3v) is 5.95. The van der Waals surface area contributed by atoms with Crippen molar-refractivity contribution in [2.45, 2.75) is 20.4 Å². The molecule has 0 aliphatic heterocycles. The minimum atomic E-state index is -0.584. The first-order valence-electron chi connectivity index (χ1n) is 9.66. The number of nitrogens with one attached hydrogen (secondary N) is 2. The van der Waals surface area contributed by atoms with Crippen LogP contribution >= 0.6 is 22.7 Å². The van der Waals surface area contributed by atoms with Crippen molar-refractivity contribution < 1.29 is 19.1 Å². The number of hydrogen-bond acceptors (Lipinski definition) is 7. The van der Waals surface area contributed by atoms with Crippen LogP contribution in [0.5, 0.6) is 0 Å². The molecule has 0 bridgehead atoms. The molecule has 0 fully saturated rings. The number of thiazole rings is 1. The number of hydrogen-bond donors (Lipinski definition) is 2. The average Bonchev–Trinajstić information content (AvgIpc) is 3.34. The number of ether oxygens (including phenoxy) is 1. The van der Waals surface area contributed by atoms with Crippen molar-refractivity contribution >= 4 is 64.0 Å². The molecule has 0 spiro atoms. The highest BCUT2D eigenvalue weighted by Crippen LogP contribution is 2.13. The minimum Gasteiger partial charge on any atom is -0.463 e. The van der Waals surface area contributed by atoms with Gasteiger partial charge in [-0.3, -0.25) is 19.0 Å². The van der Waals surface area contributed by atoms with Gasteiger partial charge in [0.1, 0.15) is 11.2 Å². The van der Waals surface area contributed by atoms with Crippen LogP contribution in [0.15, 0.2) is 46.6 Å². The predicted octanol–water partition coefficient (Wildman–Crippen LogP) is 1.74. The molecule has 2 amide bonds. The van der Waals surface area contributed by atoms with Gasteiger partial charge < -0.3 is 15.4 Å². The Morgan fingerprint density at radius 2 is 1.78 bits per heavy atom. The second kappa shape index (κ2) is 10.7. The first-order valence-corrected chi connectivity index (χ1v) is 11.4. The van der Waals surface area contributed by atoms with E-state index < -0.39 is 11.9 Å². The van der Waals surface area contributed by atoms with E-state index in [-0.39, 0.29) is 24.6 Å². The molecular weight excluding hydrogens is 450 g/mol. The molecule has 0 unspecified atom stereocenters. The number of carbonyl (C=O) groups is 3. The van der Waals surface area contributed by atoms with Crippen LogP contribution in [0.2, 0.25) is 0 Å². The molecular formula is C22H21N3O5S2. The van der Waals surface area contributed by atoms with Crippen LogP contribution in [0.3, 0.4) is 0 Å². The molecule has 3 aromatic rings. The van der Waals surface area contributed by atoms with Crippen molar-refractivity contribution in [1.82, 2.24) is 4.57 Å². The Hall–Kier alpha value is -3.50. The average molecular weight is 472 g/mol. The summed E-state index contributed by atoms with van der Waals surface area (Å²) >= 11 is 2.60. The van der Waals surface area contributed by atoms with Gasteiger partial charge in [0.05, 0.1) is 17.2 Å². The van der Waals surface area contributed by atoms with Crippen LogP contribution < -0.4 is 25.4 Å². The van der Waals surface area contributed by atoms with Gasteiger partial charge in [-0.25, -0.2) is 4.79 Å². The van der Waals surface area contributed by atoms with Crippen LogP contribution in [-0.2, 0) is 25.7 Å². The second-order valence-electron chi connectivity index (χ2n) is 6.56. The molecule has 0 aliphatic rings. The van der Waals surface area contributed by atoms with E-state index in [9.17, 15) is 19.2 Å². The number of carbonyl (C=O) groups excluding carboxylic acids is 3. The quantitative estimate of drug-likeness (QED) is 0.511. The van der Waals surface area contributed by atoms with Gasteiger partial charge in [-0.15, -0.1) is 22.7 Å². The second-order valence-corrected chi connectivity index (χ2v) is 8.60. The summed E-state index contributed by atoms with van der Waals surface area (Å²) in [5.74, 6) is -1.21. The van der Waals surface area contributed by atoms with Crippen molar-refractivity contribution in [3.8, 4) is 0 Å². The fraction of sp³-hybridized carbons (Fsp3) is 0.182. The van der Waals surface area contributed by atoms with Gasteiger partial charge in [0.25, 0.3) is 5.56 Å². The largest absolute Gasteiger partial charge is 0.463 e. The zero-order chi connectivity index (χ0) is 23.1. The third-order valence-electron chi connectivity index (χ3n) is 4.07. The highest BCUT2D eigenvalue weighted by Gasteiger charge is 2.12. The topological polar surface area (TPSA) is 106 Å². The normalized spacial score (nSPS) is 11.9. The lowest BCUT2D eigenvalue weighted by molar-refractivity contribution is -0.135. The van der Waals surface area contributed by atoms with E-state index in [0.29, 0.717) is 20.6 Å². The lowest BCUT2D eigenvalue weighted by atomic mass is 10.2. The molecule has 0 aliphatic carbocycles. The number of thiophene rings is 1. The fourth-order valence-electron chi connectivity index (χ4n) is 2.76. The first-order chi connectivity index (χ1) is 15.4. The van der Waals surface area contributed by atoms with Gasteiger partial charge in [0.2, 0.25) is 11.8 Å². The highest BCUT2D eigenvalue weighted by molar-refractivity contribution is 7.11. The Kier molecular flexibility index (Phi) is 7.74. The van der Waals surface area contributed by atoms with E-state index in [1.54, 1.807) is 37.3 Å². The monoisotopic (exact) mass is 471 g/mol. The van der Waals surface area contributed by atoms with Crippen molar-refractivity contribution in [3.63, 3.8) is 0 Å². The molecule has 32 heavy (non-hydrogen) atoms. The number of anilines is 2. The van der Waals surface area contributed by atoms with Gasteiger partial charge >= 0.3 is 5.97 Å². The Morgan fingerprint density at radius 3 is 2.38 bits per heavy atom. The van der Waals surface area contributed by atoms with Crippen LogP contribution in [0.1, 0.15) is 18.7 Å². The van der Waals surface area contributed by atoms with E-state index in [1.165, 1.54) is 28.9 Å². The molecule has 0 saturated heterocycles. The summed E-state index contributed by atoms with van der Waals surface area (Å²) in [5.41, 5.74) is 0.744. The number of esters is 1. The van der Waals surface area contributed by atoms with E-state index >= 15 is 0 Å². The Morgan fingerprint density at radius 1 is 1.09 bits per heavy atom. The van der Waals surface area contributed by atoms with Crippen molar-refractivity contribution in [2.24, 2.45) is 0 Å². The zero-order valence-corrected chi connectivity index (χ0v) is 19.0.